The van der Waals surface area contributed by atoms with Gasteiger partial charge in [0.1, 0.15) is 11.9 Å². The van der Waals surface area contributed by atoms with E-state index in [-0.39, 0.29) is 23.4 Å². The molecule has 0 amide bonds. The van der Waals surface area contributed by atoms with Gasteiger partial charge in [0.25, 0.3) is 0 Å². The van der Waals surface area contributed by atoms with E-state index < -0.39 is 9.84 Å². The molecule has 0 spiro atoms. The first-order valence-electron chi connectivity index (χ1n) is 8.89. The van der Waals surface area contributed by atoms with E-state index in [1.165, 1.54) is 0 Å². The third-order valence-electron chi connectivity index (χ3n) is 5.06. The first kappa shape index (κ1) is 16.6. The summed E-state index contributed by atoms with van der Waals surface area (Å²) in [6.07, 6.45) is 5.26. The average Bonchev–Trinajstić information content (AvgIpc) is 3.34. The number of carbonyl (C=O) groups excluding carboxylic acids is 1. The maximum Gasteiger partial charge on any atom is 0.166 e. The van der Waals surface area contributed by atoms with Gasteiger partial charge < -0.3 is 4.74 Å². The summed E-state index contributed by atoms with van der Waals surface area (Å²) in [6.45, 7) is 1.85. The molecule has 4 rings (SSSR count). The average molecular weight is 362 g/mol. The molecule has 1 aliphatic heterocycles. The van der Waals surface area contributed by atoms with E-state index in [0.717, 1.165) is 29.8 Å². The fraction of sp³-hybridized carbons (Fsp3) is 0.556. The van der Waals surface area contributed by atoms with Crippen LogP contribution >= 0.6 is 0 Å². The minimum absolute atomic E-state index is 0.0780. The predicted molar refractivity (Wildman–Crippen MR) is 94.1 cm³/mol. The van der Waals surface area contributed by atoms with Gasteiger partial charge in [-0.3, -0.25) is 4.79 Å². The van der Waals surface area contributed by atoms with E-state index in [0.29, 0.717) is 30.7 Å². The third kappa shape index (κ3) is 3.17. The van der Waals surface area contributed by atoms with Gasteiger partial charge >= 0.3 is 0 Å². The van der Waals surface area contributed by atoms with Crippen molar-refractivity contribution in [2.24, 2.45) is 0 Å². The van der Waals surface area contributed by atoms with E-state index in [1.807, 2.05) is 23.6 Å². The zero-order valence-corrected chi connectivity index (χ0v) is 15.1. The molecule has 134 valence electrons. The summed E-state index contributed by atoms with van der Waals surface area (Å²) in [5.74, 6) is 1.64. The molecule has 2 fully saturated rings. The lowest BCUT2D eigenvalue weighted by atomic mass is 10.1. The zero-order chi connectivity index (χ0) is 17.6. The van der Waals surface area contributed by atoms with Crippen LogP contribution in [0, 0.1) is 0 Å². The summed E-state index contributed by atoms with van der Waals surface area (Å²) in [6, 6.07) is 3.80. The second-order valence-electron chi connectivity index (χ2n) is 6.96. The summed E-state index contributed by atoms with van der Waals surface area (Å²) in [7, 11) is -2.90. The Bertz CT molecular complexity index is 914. The van der Waals surface area contributed by atoms with Crippen molar-refractivity contribution in [1.29, 1.82) is 0 Å². The molecule has 0 N–H and O–H groups in total. The maximum atomic E-state index is 12.1. The largest absolute Gasteiger partial charge is 0.488 e. The van der Waals surface area contributed by atoms with E-state index in [1.54, 1.807) is 6.20 Å². The molecule has 0 radical (unpaired) electrons. The highest BCUT2D eigenvalue weighted by atomic mass is 32.2. The Morgan fingerprint density at radius 3 is 2.60 bits per heavy atom. The molecule has 1 aliphatic carbocycles. The van der Waals surface area contributed by atoms with Gasteiger partial charge in [-0.05, 0) is 37.8 Å². The van der Waals surface area contributed by atoms with Crippen LogP contribution < -0.4 is 4.74 Å². The van der Waals surface area contributed by atoms with Gasteiger partial charge in [0.15, 0.2) is 15.6 Å². The minimum atomic E-state index is -2.90. The second-order valence-corrected chi connectivity index (χ2v) is 9.26. The molecule has 1 saturated heterocycles. The van der Waals surface area contributed by atoms with Crippen molar-refractivity contribution in [3.63, 3.8) is 0 Å². The van der Waals surface area contributed by atoms with E-state index >= 15 is 0 Å². The number of carbonyl (C=O) groups is 1. The lowest BCUT2D eigenvalue weighted by Crippen LogP contribution is -2.31. The number of ether oxygens (including phenoxy) is 1. The maximum absolute atomic E-state index is 12.1. The quantitative estimate of drug-likeness (QED) is 0.764. The number of hydrogen-bond donors (Lipinski definition) is 0. The van der Waals surface area contributed by atoms with Crippen LogP contribution in [-0.4, -0.2) is 41.4 Å². The Balaban J connectivity index is 1.67. The summed E-state index contributed by atoms with van der Waals surface area (Å²) in [5, 5.41) is 4.45. The fourth-order valence-corrected chi connectivity index (χ4v) is 4.90. The van der Waals surface area contributed by atoms with Gasteiger partial charge in [-0.2, -0.15) is 5.10 Å². The number of Topliss-reactive ketones (excluding diaryl/α,β-unsaturated/α-hetero) is 1. The monoisotopic (exact) mass is 362 g/mol. The summed E-state index contributed by atoms with van der Waals surface area (Å²) in [5.41, 5.74) is 2.49. The van der Waals surface area contributed by atoms with Crippen LogP contribution in [0.5, 0.6) is 5.75 Å². The molecular weight excluding hydrogens is 340 g/mol. The smallest absolute Gasteiger partial charge is 0.166 e. The lowest BCUT2D eigenvalue weighted by Gasteiger charge is -2.24. The van der Waals surface area contributed by atoms with Crippen LogP contribution in [0.4, 0.5) is 0 Å². The zero-order valence-electron chi connectivity index (χ0n) is 14.3. The Hall–Kier alpha value is -1.89. The molecule has 6 nitrogen and oxygen atoms in total. The van der Waals surface area contributed by atoms with Crippen LogP contribution in [0.15, 0.2) is 18.3 Å². The second kappa shape index (κ2) is 6.12. The normalized spacial score (nSPS) is 20.7. The molecular formula is C18H22N2O4S. The lowest BCUT2D eigenvalue weighted by molar-refractivity contribution is 0.0989. The molecule has 0 unspecified atom stereocenters. The van der Waals surface area contributed by atoms with Crippen LogP contribution in [0.25, 0.3) is 5.52 Å². The number of pyridine rings is 1. The topological polar surface area (TPSA) is 77.7 Å². The number of ketones is 1. The van der Waals surface area contributed by atoms with Gasteiger partial charge in [0, 0.05) is 12.3 Å². The number of nitrogens with zero attached hydrogens (tertiary/aromatic N) is 2. The highest BCUT2D eigenvalue weighted by molar-refractivity contribution is 7.91. The number of rotatable bonds is 5. The minimum Gasteiger partial charge on any atom is -0.488 e. The van der Waals surface area contributed by atoms with Crippen molar-refractivity contribution < 1.29 is 17.9 Å². The standard InChI is InChI=1S/C18H22N2O4S/c1-2-16(21)14-11-19-20-15(14)5-6-17(18(20)12-3-4-12)24-13-7-9-25(22,23)10-8-13/h5-6,11-13H,2-4,7-10H2,1H3. The molecule has 7 heteroatoms. The number of aromatic nitrogens is 2. The van der Waals surface area contributed by atoms with Crippen molar-refractivity contribution in [3.05, 3.63) is 29.6 Å². The van der Waals surface area contributed by atoms with E-state index in [4.69, 9.17) is 4.74 Å². The molecule has 2 aliphatic rings. The van der Waals surface area contributed by atoms with E-state index in [9.17, 15) is 13.2 Å². The summed E-state index contributed by atoms with van der Waals surface area (Å²) < 4.78 is 31.2. The molecule has 25 heavy (non-hydrogen) atoms. The van der Waals surface area contributed by atoms with Gasteiger partial charge in [-0.25, -0.2) is 12.9 Å². The highest BCUT2D eigenvalue weighted by Gasteiger charge is 2.32. The molecule has 2 aromatic heterocycles. The summed E-state index contributed by atoms with van der Waals surface area (Å²) in [4.78, 5) is 12.1. The van der Waals surface area contributed by atoms with Crippen LogP contribution in [-0.2, 0) is 9.84 Å². The molecule has 0 bridgehead atoms. The summed E-state index contributed by atoms with van der Waals surface area (Å²) >= 11 is 0. The van der Waals surface area contributed by atoms with Crippen molar-refractivity contribution >= 4 is 21.1 Å². The van der Waals surface area contributed by atoms with Crippen LogP contribution in [0.2, 0.25) is 0 Å². The molecule has 0 aromatic carbocycles. The van der Waals surface area contributed by atoms with Gasteiger partial charge in [-0.15, -0.1) is 0 Å². The van der Waals surface area contributed by atoms with Gasteiger partial charge in [0.05, 0.1) is 34.5 Å². The van der Waals surface area contributed by atoms with Crippen LogP contribution in [0.3, 0.4) is 0 Å². The Morgan fingerprint density at radius 1 is 1.24 bits per heavy atom. The van der Waals surface area contributed by atoms with E-state index in [2.05, 4.69) is 5.10 Å². The molecule has 1 saturated carbocycles. The predicted octanol–water partition coefficient (Wildman–Crippen LogP) is 2.76. The third-order valence-corrected chi connectivity index (χ3v) is 6.78. The Labute approximate surface area is 147 Å². The van der Waals surface area contributed by atoms with Crippen molar-refractivity contribution in [2.45, 2.75) is 51.0 Å². The van der Waals surface area contributed by atoms with Crippen molar-refractivity contribution in [3.8, 4) is 5.75 Å². The van der Waals surface area contributed by atoms with Gasteiger partial charge in [-0.1, -0.05) is 6.92 Å². The SMILES string of the molecule is CCC(=O)c1cnn2c(C3CC3)c(OC3CCS(=O)(=O)CC3)ccc12. The molecule has 0 atom stereocenters. The van der Waals surface area contributed by atoms with Crippen LogP contribution in [0.1, 0.15) is 61.0 Å². The number of hydrogen-bond acceptors (Lipinski definition) is 5. The molecule has 3 heterocycles. The first-order valence-corrected chi connectivity index (χ1v) is 10.7. The Kier molecular flexibility index (Phi) is 4.06. The Morgan fingerprint density at radius 2 is 1.96 bits per heavy atom. The number of sulfone groups is 1. The molecule has 2 aromatic rings. The van der Waals surface area contributed by atoms with Crippen molar-refractivity contribution in [2.75, 3.05) is 11.5 Å². The first-order chi connectivity index (χ1) is 12.0. The van der Waals surface area contributed by atoms with Gasteiger partial charge in [0.2, 0.25) is 0 Å². The number of fused-ring (bicyclic) bond motifs is 1. The fourth-order valence-electron chi connectivity index (χ4n) is 3.46. The van der Waals surface area contributed by atoms with Crippen molar-refractivity contribution in [1.82, 2.24) is 9.61 Å². The highest BCUT2D eigenvalue weighted by Crippen LogP contribution is 2.45.